The highest BCUT2D eigenvalue weighted by atomic mass is 16.5. The van der Waals surface area contributed by atoms with Crippen LogP contribution in [0.5, 0.6) is 5.75 Å². The summed E-state index contributed by atoms with van der Waals surface area (Å²) in [6.07, 6.45) is 6.31. The van der Waals surface area contributed by atoms with Crippen LogP contribution in [0.1, 0.15) is 46.1 Å². The Bertz CT molecular complexity index is 1430. The van der Waals surface area contributed by atoms with Gasteiger partial charge in [-0.15, -0.1) is 10.2 Å². The normalized spacial score (nSPS) is 17.7. The Morgan fingerprint density at radius 3 is 2.74 bits per heavy atom. The number of nitrogens with one attached hydrogen (secondary N) is 3. The summed E-state index contributed by atoms with van der Waals surface area (Å²) in [5, 5.41) is 15.6. The minimum Gasteiger partial charge on any atom is -0.494 e. The topological polar surface area (TPSA) is 147 Å². The smallest absolute Gasteiger partial charge is 0.273 e. The molecular weight excluding hydrogens is 450 g/mol. The lowest BCUT2D eigenvalue weighted by atomic mass is 9.97. The number of amides is 2. The lowest BCUT2D eigenvalue weighted by Gasteiger charge is -2.35. The number of anilines is 4. The predicted octanol–water partition coefficient (Wildman–Crippen LogP) is 2.30. The van der Waals surface area contributed by atoms with Crippen LogP contribution in [-0.2, 0) is 4.79 Å². The molecule has 0 unspecified atom stereocenters. The number of ether oxygens (including phenoxy) is 1. The lowest BCUT2D eigenvalue weighted by Crippen LogP contribution is -2.29. The number of carbonyl (C=O) groups excluding carboxylic acids is 2. The largest absolute Gasteiger partial charge is 0.494 e. The molecule has 1 aliphatic carbocycles. The van der Waals surface area contributed by atoms with Crippen molar-refractivity contribution in [1.82, 2.24) is 30.5 Å². The molecule has 3 N–H and O–H groups in total. The summed E-state index contributed by atoms with van der Waals surface area (Å²) in [5.74, 6) is -0.360. The van der Waals surface area contributed by atoms with Crippen molar-refractivity contribution in [1.29, 1.82) is 0 Å². The third-order valence-corrected chi connectivity index (χ3v) is 6.11. The van der Waals surface area contributed by atoms with Crippen molar-refractivity contribution < 1.29 is 18.4 Å². The van der Waals surface area contributed by atoms with Crippen LogP contribution in [0, 0.1) is 5.92 Å². The fourth-order valence-electron chi connectivity index (χ4n) is 4.00. The van der Waals surface area contributed by atoms with Gasteiger partial charge < -0.3 is 25.6 Å². The number of rotatable bonds is 6. The Hall–Kier alpha value is -4.35. The van der Waals surface area contributed by atoms with Crippen LogP contribution in [0.3, 0.4) is 0 Å². The van der Waals surface area contributed by atoms with Gasteiger partial charge in [0, 0.05) is 42.5 Å². The van der Waals surface area contributed by atoms with Gasteiger partial charge in [-0.25, -0.2) is 4.98 Å². The molecule has 0 aromatic carbocycles. The number of fused-ring (bicyclic) bond motifs is 3. The number of nitrogens with zero attached hydrogens (tertiary/aromatic N) is 6. The van der Waals surface area contributed by atoms with E-state index in [2.05, 4.69) is 35.8 Å². The van der Waals surface area contributed by atoms with Gasteiger partial charge in [-0.05, 0) is 19.8 Å². The second-order valence-electron chi connectivity index (χ2n) is 8.31. The number of methoxy groups -OCH3 is 1. The van der Waals surface area contributed by atoms with Crippen molar-refractivity contribution in [2.75, 3.05) is 36.7 Å². The van der Waals surface area contributed by atoms with Crippen LogP contribution in [-0.4, -0.2) is 58.1 Å². The van der Waals surface area contributed by atoms with E-state index in [4.69, 9.17) is 8.85 Å². The first-order valence-electron chi connectivity index (χ1n) is 12.5. The maximum absolute atomic E-state index is 12.8. The number of carbonyl (C=O) groups is 2. The summed E-state index contributed by atoms with van der Waals surface area (Å²) in [5.41, 5.74) is 2.45. The molecular formula is C23H25N9O3. The third kappa shape index (κ3) is 3.96. The van der Waals surface area contributed by atoms with Crippen molar-refractivity contribution in [2.45, 2.75) is 25.8 Å². The summed E-state index contributed by atoms with van der Waals surface area (Å²) in [7, 11) is 3.39. The number of pyridine rings is 1. The molecule has 0 spiro atoms. The first kappa shape index (κ1) is 19.0. The first-order valence-corrected chi connectivity index (χ1v) is 11.0. The van der Waals surface area contributed by atoms with Crippen LogP contribution in [0.25, 0.3) is 11.3 Å². The van der Waals surface area contributed by atoms with Crippen molar-refractivity contribution in [3.8, 4) is 17.0 Å². The van der Waals surface area contributed by atoms with Gasteiger partial charge in [0.25, 0.3) is 5.91 Å². The standard InChI is InChI=1S/C23H25N9O3/c1-11-17-19(26-8-7-25-17)16-14(35-4)10-27-21(20(16)32(11)3)28-13-9-15(29-22(33)12-5-6-12)30-31-18(13)23(34)24-2/h7-12H,5-6H2,1-4H3,(H,24,34)(H2,27,28,29,30,33)/t11-/m0/s1/i2D3. The zero-order valence-corrected chi connectivity index (χ0v) is 19.3. The van der Waals surface area contributed by atoms with E-state index in [1.165, 1.54) is 19.4 Å². The first-order chi connectivity index (χ1) is 18.1. The highest BCUT2D eigenvalue weighted by Crippen LogP contribution is 2.49. The molecule has 1 atom stereocenters. The van der Waals surface area contributed by atoms with Gasteiger partial charge in [0.05, 0.1) is 47.7 Å². The molecule has 5 rings (SSSR count). The quantitative estimate of drug-likeness (QED) is 0.482. The van der Waals surface area contributed by atoms with Crippen LogP contribution < -0.4 is 25.6 Å². The van der Waals surface area contributed by atoms with Gasteiger partial charge in [0.1, 0.15) is 5.75 Å². The second kappa shape index (κ2) is 8.78. The highest BCUT2D eigenvalue weighted by Gasteiger charge is 2.34. The molecule has 2 amide bonds. The van der Waals surface area contributed by atoms with E-state index >= 15 is 0 Å². The maximum atomic E-state index is 12.8. The molecule has 1 fully saturated rings. The van der Waals surface area contributed by atoms with Crippen molar-refractivity contribution in [2.24, 2.45) is 5.92 Å². The van der Waals surface area contributed by atoms with E-state index in [1.54, 1.807) is 12.4 Å². The van der Waals surface area contributed by atoms with Gasteiger partial charge in [0.2, 0.25) is 5.91 Å². The highest BCUT2D eigenvalue weighted by molar-refractivity contribution is 6.01. The molecule has 12 nitrogen and oxygen atoms in total. The van der Waals surface area contributed by atoms with Crippen molar-refractivity contribution in [3.63, 3.8) is 0 Å². The van der Waals surface area contributed by atoms with Gasteiger partial charge in [-0.1, -0.05) is 0 Å². The predicted molar refractivity (Wildman–Crippen MR) is 129 cm³/mol. The number of aromatic nitrogens is 5. The van der Waals surface area contributed by atoms with Crippen LogP contribution in [0.2, 0.25) is 0 Å². The Morgan fingerprint density at radius 1 is 1.20 bits per heavy atom. The van der Waals surface area contributed by atoms with E-state index in [1.807, 2.05) is 24.2 Å². The molecule has 1 aliphatic heterocycles. The second-order valence-corrected chi connectivity index (χ2v) is 8.31. The van der Waals surface area contributed by atoms with Gasteiger partial charge in [0.15, 0.2) is 17.3 Å². The monoisotopic (exact) mass is 478 g/mol. The van der Waals surface area contributed by atoms with E-state index in [0.29, 0.717) is 28.5 Å². The molecule has 180 valence electrons. The Morgan fingerprint density at radius 2 is 2.00 bits per heavy atom. The average Bonchev–Trinajstić information content (AvgIpc) is 3.72. The molecule has 3 aromatic rings. The minimum absolute atomic E-state index is 0.0849. The van der Waals surface area contributed by atoms with E-state index in [0.717, 1.165) is 18.5 Å². The summed E-state index contributed by atoms with van der Waals surface area (Å²) in [6, 6.07) is 1.24. The molecule has 12 heteroatoms. The average molecular weight is 479 g/mol. The molecule has 4 heterocycles. The fraction of sp³-hybridized carbons (Fsp3) is 0.348. The van der Waals surface area contributed by atoms with E-state index < -0.39 is 12.9 Å². The summed E-state index contributed by atoms with van der Waals surface area (Å²) >= 11 is 0. The molecule has 0 bridgehead atoms. The molecule has 0 saturated heterocycles. The van der Waals surface area contributed by atoms with Crippen LogP contribution in [0.15, 0.2) is 24.7 Å². The SMILES string of the molecule is [2H]C([2H])([2H])NC(=O)c1nnc(NC(=O)C2CC2)cc1Nc1ncc(OC)c2c1N(C)[C@@H](C)c1nccnc1-2. The molecule has 2 aliphatic rings. The van der Waals surface area contributed by atoms with Gasteiger partial charge in [-0.2, -0.15) is 0 Å². The molecule has 0 radical (unpaired) electrons. The fourth-order valence-corrected chi connectivity index (χ4v) is 4.00. The Kier molecular flexibility index (Phi) is 4.77. The van der Waals surface area contributed by atoms with Gasteiger partial charge in [-0.3, -0.25) is 19.6 Å². The Balaban J connectivity index is 1.61. The van der Waals surface area contributed by atoms with Crippen molar-refractivity contribution >= 4 is 34.8 Å². The number of hydrogen-bond acceptors (Lipinski definition) is 10. The molecule has 1 saturated carbocycles. The summed E-state index contributed by atoms with van der Waals surface area (Å²) < 4.78 is 27.8. The van der Waals surface area contributed by atoms with Crippen LogP contribution >= 0.6 is 0 Å². The van der Waals surface area contributed by atoms with E-state index in [9.17, 15) is 9.59 Å². The maximum Gasteiger partial charge on any atom is 0.273 e. The third-order valence-electron chi connectivity index (χ3n) is 6.11. The number of hydrogen-bond donors (Lipinski definition) is 3. The molecule has 3 aromatic heterocycles. The summed E-state index contributed by atoms with van der Waals surface area (Å²) in [6.45, 7) is -0.779. The molecule has 35 heavy (non-hydrogen) atoms. The minimum atomic E-state index is -2.75. The lowest BCUT2D eigenvalue weighted by molar-refractivity contribution is -0.117. The Labute approximate surface area is 205 Å². The summed E-state index contributed by atoms with van der Waals surface area (Å²) in [4.78, 5) is 40.6. The van der Waals surface area contributed by atoms with E-state index in [-0.39, 0.29) is 35.1 Å². The van der Waals surface area contributed by atoms with Crippen LogP contribution in [0.4, 0.5) is 23.0 Å². The zero-order chi connectivity index (χ0) is 27.2. The van der Waals surface area contributed by atoms with Crippen molar-refractivity contribution in [3.05, 3.63) is 36.0 Å². The zero-order valence-electron chi connectivity index (χ0n) is 22.3. The van der Waals surface area contributed by atoms with Gasteiger partial charge >= 0.3 is 0 Å².